The third kappa shape index (κ3) is 3.93. The molecule has 1 heterocycles. The van der Waals surface area contributed by atoms with Crippen LogP contribution in [0.25, 0.3) is 11.3 Å². The van der Waals surface area contributed by atoms with Crippen LogP contribution in [0.4, 0.5) is 5.13 Å². The number of nitrogens with zero attached hydrogens (tertiary/aromatic N) is 1. The molecule has 0 aliphatic rings. The highest BCUT2D eigenvalue weighted by molar-refractivity contribution is 9.10. The summed E-state index contributed by atoms with van der Waals surface area (Å²) < 4.78 is 1.13. The van der Waals surface area contributed by atoms with Crippen LogP contribution in [0, 0.1) is 0 Å². The molecule has 0 radical (unpaired) electrons. The SMILES string of the molecule is Brc1cccc(CCNc2nc(-c3ccccc3)cs2)c1. The molecule has 1 aromatic heterocycles. The third-order valence-electron chi connectivity index (χ3n) is 3.15. The molecule has 0 spiro atoms. The topological polar surface area (TPSA) is 24.9 Å². The number of benzene rings is 2. The molecule has 0 aliphatic heterocycles. The monoisotopic (exact) mass is 358 g/mol. The van der Waals surface area contributed by atoms with Crippen molar-refractivity contribution in [1.29, 1.82) is 0 Å². The number of anilines is 1. The minimum absolute atomic E-state index is 0.887. The standard InChI is InChI=1S/C17H15BrN2S/c18-15-8-4-5-13(11-15)9-10-19-17-20-16(12-21-17)14-6-2-1-3-7-14/h1-8,11-12H,9-10H2,(H,19,20). The molecule has 1 N–H and O–H groups in total. The molecule has 3 rings (SSSR count). The second kappa shape index (κ2) is 6.87. The number of hydrogen-bond donors (Lipinski definition) is 1. The van der Waals surface area contributed by atoms with E-state index >= 15 is 0 Å². The molecule has 4 heteroatoms. The molecule has 3 aromatic rings. The smallest absolute Gasteiger partial charge is 0.183 e. The Morgan fingerprint density at radius 2 is 1.90 bits per heavy atom. The molecule has 0 amide bonds. The molecule has 106 valence electrons. The van der Waals surface area contributed by atoms with E-state index in [1.165, 1.54) is 5.56 Å². The fraction of sp³-hybridized carbons (Fsp3) is 0.118. The Morgan fingerprint density at radius 1 is 1.05 bits per heavy atom. The lowest BCUT2D eigenvalue weighted by Crippen LogP contribution is -2.04. The van der Waals surface area contributed by atoms with E-state index in [2.05, 4.69) is 61.9 Å². The van der Waals surface area contributed by atoms with Crippen LogP contribution >= 0.6 is 27.3 Å². The maximum Gasteiger partial charge on any atom is 0.183 e. The van der Waals surface area contributed by atoms with Crippen molar-refractivity contribution in [2.75, 3.05) is 11.9 Å². The third-order valence-corrected chi connectivity index (χ3v) is 4.45. The van der Waals surface area contributed by atoms with Crippen LogP contribution in [-0.2, 0) is 6.42 Å². The summed E-state index contributed by atoms with van der Waals surface area (Å²) in [5.74, 6) is 0. The normalized spacial score (nSPS) is 10.5. The zero-order valence-electron chi connectivity index (χ0n) is 11.4. The summed E-state index contributed by atoms with van der Waals surface area (Å²) in [6.45, 7) is 0.887. The number of rotatable bonds is 5. The number of thiazole rings is 1. The minimum Gasteiger partial charge on any atom is -0.361 e. The minimum atomic E-state index is 0.887. The van der Waals surface area contributed by atoms with Gasteiger partial charge in [-0.25, -0.2) is 4.98 Å². The van der Waals surface area contributed by atoms with Gasteiger partial charge in [0.2, 0.25) is 0 Å². The Hall–Kier alpha value is -1.65. The Morgan fingerprint density at radius 3 is 2.71 bits per heavy atom. The number of halogens is 1. The van der Waals surface area contributed by atoms with Gasteiger partial charge in [-0.05, 0) is 24.1 Å². The van der Waals surface area contributed by atoms with Gasteiger partial charge in [0, 0.05) is 22.0 Å². The Bertz CT molecular complexity index is 710. The van der Waals surface area contributed by atoms with Crippen LogP contribution in [0.5, 0.6) is 0 Å². The van der Waals surface area contributed by atoms with Gasteiger partial charge in [0.15, 0.2) is 5.13 Å². The highest BCUT2D eigenvalue weighted by Gasteiger charge is 2.03. The summed E-state index contributed by atoms with van der Waals surface area (Å²) in [6.07, 6.45) is 0.986. The van der Waals surface area contributed by atoms with Gasteiger partial charge in [0.05, 0.1) is 5.69 Å². The predicted octanol–water partition coefficient (Wildman–Crippen LogP) is 5.23. The van der Waals surface area contributed by atoms with Crippen LogP contribution in [0.1, 0.15) is 5.56 Å². The summed E-state index contributed by atoms with van der Waals surface area (Å²) in [7, 11) is 0. The van der Waals surface area contributed by atoms with Gasteiger partial charge in [-0.1, -0.05) is 58.4 Å². The number of nitrogens with one attached hydrogen (secondary N) is 1. The second-order valence-electron chi connectivity index (χ2n) is 4.71. The maximum atomic E-state index is 4.63. The average Bonchev–Trinajstić information content (AvgIpc) is 2.97. The van der Waals surface area contributed by atoms with Gasteiger partial charge >= 0.3 is 0 Å². The van der Waals surface area contributed by atoms with Crippen molar-refractivity contribution in [3.63, 3.8) is 0 Å². The summed E-state index contributed by atoms with van der Waals surface area (Å²) in [5, 5.41) is 6.46. The summed E-state index contributed by atoms with van der Waals surface area (Å²) in [5.41, 5.74) is 3.51. The number of aromatic nitrogens is 1. The quantitative estimate of drug-likeness (QED) is 0.675. The van der Waals surface area contributed by atoms with Crippen molar-refractivity contribution < 1.29 is 0 Å². The lowest BCUT2D eigenvalue weighted by atomic mass is 10.1. The molecular weight excluding hydrogens is 344 g/mol. The first-order valence-corrected chi connectivity index (χ1v) is 8.48. The predicted molar refractivity (Wildman–Crippen MR) is 93.9 cm³/mol. The Labute approximate surface area is 137 Å². The van der Waals surface area contributed by atoms with E-state index in [1.54, 1.807) is 11.3 Å². The van der Waals surface area contributed by atoms with Crippen molar-refractivity contribution in [3.05, 3.63) is 70.0 Å². The molecular formula is C17H15BrN2S. The lowest BCUT2D eigenvalue weighted by molar-refractivity contribution is 1.01. The largest absolute Gasteiger partial charge is 0.361 e. The summed E-state index contributed by atoms with van der Waals surface area (Å²) in [6, 6.07) is 18.7. The zero-order chi connectivity index (χ0) is 14.5. The van der Waals surface area contributed by atoms with Crippen LogP contribution in [0.3, 0.4) is 0 Å². The molecule has 0 unspecified atom stereocenters. The highest BCUT2D eigenvalue weighted by atomic mass is 79.9. The molecule has 0 aliphatic carbocycles. The van der Waals surface area contributed by atoms with E-state index in [-0.39, 0.29) is 0 Å². The van der Waals surface area contributed by atoms with E-state index in [4.69, 9.17) is 0 Å². The highest BCUT2D eigenvalue weighted by Crippen LogP contribution is 2.24. The van der Waals surface area contributed by atoms with Crippen LogP contribution in [-0.4, -0.2) is 11.5 Å². The van der Waals surface area contributed by atoms with E-state index < -0.39 is 0 Å². The molecule has 2 aromatic carbocycles. The molecule has 21 heavy (non-hydrogen) atoms. The zero-order valence-corrected chi connectivity index (χ0v) is 13.8. The first-order valence-electron chi connectivity index (χ1n) is 6.80. The Kier molecular flexibility index (Phi) is 4.68. The first-order chi connectivity index (χ1) is 10.3. The van der Waals surface area contributed by atoms with Gasteiger partial charge in [-0.3, -0.25) is 0 Å². The number of hydrogen-bond acceptors (Lipinski definition) is 3. The van der Waals surface area contributed by atoms with E-state index in [0.29, 0.717) is 0 Å². The van der Waals surface area contributed by atoms with Gasteiger partial charge < -0.3 is 5.32 Å². The van der Waals surface area contributed by atoms with Gasteiger partial charge in [-0.2, -0.15) is 0 Å². The fourth-order valence-corrected chi connectivity index (χ4v) is 3.30. The van der Waals surface area contributed by atoms with Crippen molar-refractivity contribution in [3.8, 4) is 11.3 Å². The van der Waals surface area contributed by atoms with E-state index in [9.17, 15) is 0 Å². The molecule has 0 bridgehead atoms. The van der Waals surface area contributed by atoms with Gasteiger partial charge in [0.1, 0.15) is 0 Å². The van der Waals surface area contributed by atoms with Gasteiger partial charge in [0.25, 0.3) is 0 Å². The average molecular weight is 359 g/mol. The second-order valence-corrected chi connectivity index (χ2v) is 6.48. The molecule has 2 nitrogen and oxygen atoms in total. The first kappa shape index (κ1) is 14.3. The molecule has 0 saturated heterocycles. The van der Waals surface area contributed by atoms with Crippen molar-refractivity contribution in [2.45, 2.75) is 6.42 Å². The van der Waals surface area contributed by atoms with Crippen molar-refractivity contribution >= 4 is 32.4 Å². The van der Waals surface area contributed by atoms with Crippen LogP contribution < -0.4 is 5.32 Å². The van der Waals surface area contributed by atoms with Crippen LogP contribution in [0.15, 0.2) is 64.5 Å². The molecule has 0 fully saturated rings. The van der Waals surface area contributed by atoms with Crippen molar-refractivity contribution in [2.24, 2.45) is 0 Å². The van der Waals surface area contributed by atoms with Gasteiger partial charge in [-0.15, -0.1) is 11.3 Å². The van der Waals surface area contributed by atoms with E-state index in [1.807, 2.05) is 24.3 Å². The lowest BCUT2D eigenvalue weighted by Gasteiger charge is -2.03. The molecule has 0 saturated carbocycles. The molecule has 0 atom stereocenters. The summed E-state index contributed by atoms with van der Waals surface area (Å²) >= 11 is 5.15. The van der Waals surface area contributed by atoms with Crippen molar-refractivity contribution in [1.82, 2.24) is 4.98 Å². The summed E-state index contributed by atoms with van der Waals surface area (Å²) in [4.78, 5) is 4.63. The fourth-order valence-electron chi connectivity index (χ4n) is 2.10. The Balaban J connectivity index is 1.58. The maximum absolute atomic E-state index is 4.63. The van der Waals surface area contributed by atoms with E-state index in [0.717, 1.165) is 33.8 Å². The van der Waals surface area contributed by atoms with Crippen LogP contribution in [0.2, 0.25) is 0 Å².